The molecule has 0 radical (unpaired) electrons. The van der Waals surface area contributed by atoms with E-state index >= 15 is 0 Å². The van der Waals surface area contributed by atoms with Crippen LogP contribution in [0.25, 0.3) is 10.8 Å². The van der Waals surface area contributed by atoms with E-state index in [2.05, 4.69) is 5.32 Å². The number of hydrogen-bond donors (Lipinski definition) is 3. The van der Waals surface area contributed by atoms with E-state index < -0.39 is 29.2 Å². The van der Waals surface area contributed by atoms with Crippen molar-refractivity contribution in [2.75, 3.05) is 38.7 Å². The van der Waals surface area contributed by atoms with Gasteiger partial charge in [-0.3, -0.25) is 19.3 Å². The van der Waals surface area contributed by atoms with Crippen molar-refractivity contribution in [3.05, 3.63) is 65.9 Å². The van der Waals surface area contributed by atoms with Gasteiger partial charge in [-0.15, -0.1) is 23.5 Å². The molecule has 0 saturated carbocycles. The molecule has 2 atom stereocenters. The minimum Gasteiger partial charge on any atom is -0.477 e. The average molecular weight is 542 g/mol. The molecule has 4 rings (SSSR count). The molecule has 3 amide bonds. The number of nitrogens with one attached hydrogen (secondary N) is 1. The number of benzene rings is 2. The maximum absolute atomic E-state index is 12.9. The standard InChI is InChI=1S/C26H28N4O5S2/c1-30(2,13-20(27)31)11-5-8-18-14-37-25-22(24(33)29(25)23(18)26(34)35)28-21(32)15-36-19-10-9-16-6-3-4-7-17(16)12-19/h3-10,12,22,25H,11,13-15H2,1-2H3,(H3-,27,28,31,32,34,35)/p+1. The van der Waals surface area contributed by atoms with Crippen molar-refractivity contribution < 1.29 is 28.8 Å². The summed E-state index contributed by atoms with van der Waals surface area (Å²) in [5.41, 5.74) is 5.73. The number of carbonyl (C=O) groups is 4. The quantitative estimate of drug-likeness (QED) is 0.238. The lowest BCUT2D eigenvalue weighted by molar-refractivity contribution is -0.876. The van der Waals surface area contributed by atoms with Crippen LogP contribution in [0.1, 0.15) is 0 Å². The molecule has 2 aliphatic heterocycles. The lowest BCUT2D eigenvalue weighted by atomic mass is 10.0. The SMILES string of the molecule is C[N+](C)(CC=CC1=C(C(=O)O)N2C(=O)C(NC(=O)CSc3ccc4ccccc4c3)C2SC1)CC(N)=O. The van der Waals surface area contributed by atoms with Crippen LogP contribution in [-0.2, 0) is 19.2 Å². The molecular formula is C26H29N4O5S2+. The molecule has 2 unspecified atom stereocenters. The van der Waals surface area contributed by atoms with Crippen molar-refractivity contribution in [3.63, 3.8) is 0 Å². The Labute approximate surface area is 223 Å². The summed E-state index contributed by atoms with van der Waals surface area (Å²) in [5.74, 6) is -1.80. The summed E-state index contributed by atoms with van der Waals surface area (Å²) in [4.78, 5) is 51.0. The third-order valence-corrected chi connectivity index (χ3v) is 8.41. The number of carboxylic acids is 1. The average Bonchev–Trinajstić information content (AvgIpc) is 2.84. The van der Waals surface area contributed by atoms with Gasteiger partial charge in [-0.1, -0.05) is 36.4 Å². The van der Waals surface area contributed by atoms with Gasteiger partial charge in [0.1, 0.15) is 17.1 Å². The molecule has 2 aliphatic rings. The number of thioether (sulfide) groups is 2. The first-order valence-corrected chi connectivity index (χ1v) is 13.7. The van der Waals surface area contributed by atoms with E-state index in [1.165, 1.54) is 28.4 Å². The first-order valence-electron chi connectivity index (χ1n) is 11.6. The molecule has 0 bridgehead atoms. The summed E-state index contributed by atoms with van der Waals surface area (Å²) in [7, 11) is 3.69. The van der Waals surface area contributed by atoms with Crippen molar-refractivity contribution in [2.45, 2.75) is 16.3 Å². The molecule has 9 nitrogen and oxygen atoms in total. The number of primary amides is 1. The van der Waals surface area contributed by atoms with Crippen LogP contribution in [0, 0.1) is 0 Å². The fourth-order valence-corrected chi connectivity index (χ4v) is 6.43. The Morgan fingerprint density at radius 2 is 1.95 bits per heavy atom. The van der Waals surface area contributed by atoms with E-state index in [-0.39, 0.29) is 23.9 Å². The Kier molecular flexibility index (Phi) is 7.96. The molecule has 0 spiro atoms. The van der Waals surface area contributed by atoms with Crippen LogP contribution >= 0.6 is 23.5 Å². The van der Waals surface area contributed by atoms with E-state index in [9.17, 15) is 24.3 Å². The summed E-state index contributed by atoms with van der Waals surface area (Å²) >= 11 is 2.80. The monoisotopic (exact) mass is 541 g/mol. The van der Waals surface area contributed by atoms with Gasteiger partial charge in [-0.25, -0.2) is 4.79 Å². The maximum Gasteiger partial charge on any atom is 0.352 e. The second-order valence-electron chi connectivity index (χ2n) is 9.58. The van der Waals surface area contributed by atoms with Gasteiger partial charge >= 0.3 is 5.97 Å². The van der Waals surface area contributed by atoms with Gasteiger partial charge in [-0.05, 0) is 34.6 Å². The first-order chi connectivity index (χ1) is 17.6. The molecule has 1 fully saturated rings. The lowest BCUT2D eigenvalue weighted by Gasteiger charge is -2.49. The lowest BCUT2D eigenvalue weighted by Crippen LogP contribution is -2.70. The van der Waals surface area contributed by atoms with Crippen LogP contribution in [0.3, 0.4) is 0 Å². The Balaban J connectivity index is 1.37. The molecular weight excluding hydrogens is 512 g/mol. The predicted octanol–water partition coefficient (Wildman–Crippen LogP) is 1.79. The Bertz CT molecular complexity index is 1320. The highest BCUT2D eigenvalue weighted by molar-refractivity contribution is 8.00. The number of quaternary nitrogens is 1. The van der Waals surface area contributed by atoms with Crippen molar-refractivity contribution in [2.24, 2.45) is 5.73 Å². The van der Waals surface area contributed by atoms with E-state index in [1.54, 1.807) is 12.2 Å². The second-order valence-corrected chi connectivity index (χ2v) is 11.7. The van der Waals surface area contributed by atoms with E-state index in [1.807, 2.05) is 56.6 Å². The first kappa shape index (κ1) is 26.8. The molecule has 37 heavy (non-hydrogen) atoms. The van der Waals surface area contributed by atoms with Crippen LogP contribution < -0.4 is 11.1 Å². The van der Waals surface area contributed by atoms with Gasteiger partial charge in [0, 0.05) is 10.6 Å². The maximum atomic E-state index is 12.9. The summed E-state index contributed by atoms with van der Waals surface area (Å²) < 4.78 is 0.325. The normalized spacial score (nSPS) is 19.6. The molecule has 194 valence electrons. The smallest absolute Gasteiger partial charge is 0.352 e. The third kappa shape index (κ3) is 6.17. The Hall–Kier alpha value is -3.28. The minimum atomic E-state index is -1.19. The highest BCUT2D eigenvalue weighted by atomic mass is 32.2. The fourth-order valence-electron chi connectivity index (χ4n) is 4.36. The van der Waals surface area contributed by atoms with Crippen molar-refractivity contribution in [1.29, 1.82) is 0 Å². The molecule has 2 aromatic carbocycles. The predicted molar refractivity (Wildman–Crippen MR) is 145 cm³/mol. The number of allylic oxidation sites excluding steroid dienone is 1. The van der Waals surface area contributed by atoms with E-state index in [0.29, 0.717) is 22.4 Å². The topological polar surface area (TPSA) is 130 Å². The van der Waals surface area contributed by atoms with Crippen LogP contribution in [0.15, 0.2) is 70.8 Å². The zero-order chi connectivity index (χ0) is 26.7. The van der Waals surface area contributed by atoms with Gasteiger partial charge in [0.05, 0.1) is 26.4 Å². The zero-order valence-electron chi connectivity index (χ0n) is 20.5. The largest absolute Gasteiger partial charge is 0.477 e. The van der Waals surface area contributed by atoms with Crippen LogP contribution in [0.4, 0.5) is 0 Å². The molecule has 0 aliphatic carbocycles. The second kappa shape index (κ2) is 11.0. The van der Waals surface area contributed by atoms with E-state index in [0.717, 1.165) is 15.7 Å². The number of fused-ring (bicyclic) bond motifs is 2. The molecule has 11 heteroatoms. The number of amides is 3. The molecule has 2 heterocycles. The fraction of sp³-hybridized carbons (Fsp3) is 0.308. The van der Waals surface area contributed by atoms with Gasteiger partial charge < -0.3 is 20.6 Å². The Morgan fingerprint density at radius 3 is 2.65 bits per heavy atom. The van der Waals surface area contributed by atoms with Gasteiger partial charge in [0.25, 0.3) is 11.8 Å². The summed E-state index contributed by atoms with van der Waals surface area (Å²) in [6.07, 6.45) is 3.47. The van der Waals surface area contributed by atoms with Gasteiger partial charge in [-0.2, -0.15) is 0 Å². The van der Waals surface area contributed by atoms with E-state index in [4.69, 9.17) is 5.73 Å². The number of β-lactam (4-membered cyclic amide) rings is 1. The van der Waals surface area contributed by atoms with Crippen LogP contribution in [-0.4, -0.2) is 88.3 Å². The zero-order valence-corrected chi connectivity index (χ0v) is 22.2. The number of carbonyl (C=O) groups excluding carboxylic acids is 3. The number of aliphatic carboxylic acids is 1. The number of nitrogens with zero attached hydrogens (tertiary/aromatic N) is 2. The Morgan fingerprint density at radius 1 is 1.22 bits per heavy atom. The number of hydrogen-bond acceptors (Lipinski definition) is 6. The molecule has 4 N–H and O–H groups in total. The van der Waals surface area contributed by atoms with Crippen LogP contribution in [0.2, 0.25) is 0 Å². The van der Waals surface area contributed by atoms with Crippen LogP contribution in [0.5, 0.6) is 0 Å². The number of rotatable bonds is 10. The minimum absolute atomic E-state index is 0.0683. The highest BCUT2D eigenvalue weighted by Gasteiger charge is 2.53. The van der Waals surface area contributed by atoms with Crippen molar-refractivity contribution in [1.82, 2.24) is 10.2 Å². The summed E-state index contributed by atoms with van der Waals surface area (Å²) in [6.45, 7) is 0.617. The summed E-state index contributed by atoms with van der Waals surface area (Å²) in [6, 6.07) is 13.2. The highest BCUT2D eigenvalue weighted by Crippen LogP contribution is 2.40. The number of likely N-dealkylation sites (N-methyl/N-ethyl adjacent to an activating group) is 1. The third-order valence-electron chi connectivity index (χ3n) is 6.11. The van der Waals surface area contributed by atoms with Crippen molar-refractivity contribution >= 4 is 58.0 Å². The number of nitrogens with two attached hydrogens (primary N) is 1. The molecule has 0 aromatic heterocycles. The molecule has 1 saturated heterocycles. The van der Waals surface area contributed by atoms with Crippen molar-refractivity contribution in [3.8, 4) is 0 Å². The van der Waals surface area contributed by atoms with Gasteiger partial charge in [0.2, 0.25) is 5.91 Å². The number of carboxylic acid groups (broad SMARTS) is 1. The summed E-state index contributed by atoms with van der Waals surface area (Å²) in [5, 5.41) is 14.3. The molecule has 2 aromatic rings. The van der Waals surface area contributed by atoms with Gasteiger partial charge in [0.15, 0.2) is 6.54 Å².